The molecule has 0 aromatic heterocycles. The Morgan fingerprint density at radius 3 is 2.62 bits per heavy atom. The Balaban J connectivity index is 1.96. The first-order valence-electron chi connectivity index (χ1n) is 7.29. The fraction of sp³-hybridized carbons (Fsp3) is 0.400. The third-order valence-electron chi connectivity index (χ3n) is 3.35. The van der Waals surface area contributed by atoms with Crippen molar-refractivity contribution in [3.05, 3.63) is 29.8 Å². The third-order valence-corrected chi connectivity index (χ3v) is 4.74. The number of esters is 1. The molecule has 1 amide bonds. The van der Waals surface area contributed by atoms with Gasteiger partial charge in [-0.2, -0.15) is 0 Å². The fourth-order valence-electron chi connectivity index (χ4n) is 2.18. The van der Waals surface area contributed by atoms with E-state index in [1.54, 1.807) is 32.3 Å². The van der Waals surface area contributed by atoms with E-state index in [1.807, 2.05) is 0 Å². The van der Waals surface area contributed by atoms with Crippen molar-refractivity contribution in [2.45, 2.75) is 24.3 Å². The topological polar surface area (TPSA) is 105 Å². The van der Waals surface area contributed by atoms with Crippen LogP contribution in [0.25, 0.3) is 0 Å². The predicted octanol–water partition coefficient (Wildman–Crippen LogP) is 0.135. The lowest BCUT2D eigenvalue weighted by molar-refractivity contribution is -0.157. The first-order valence-corrected chi connectivity index (χ1v) is 8.78. The predicted molar refractivity (Wildman–Crippen MR) is 87.0 cm³/mol. The van der Waals surface area contributed by atoms with Gasteiger partial charge in [0.05, 0.1) is 17.9 Å². The molecule has 130 valence electrons. The zero-order chi connectivity index (χ0) is 17.9. The van der Waals surface area contributed by atoms with Crippen LogP contribution in [0.4, 0.5) is 0 Å². The number of carbonyl (C=O) groups excluding carboxylic acids is 2. The summed E-state index contributed by atoms with van der Waals surface area (Å²) in [4.78, 5) is 29.0. The zero-order valence-corrected chi connectivity index (χ0v) is 14.5. The molecule has 0 saturated carbocycles. The molecule has 1 aromatic carbocycles. The minimum absolute atomic E-state index is 0.0495. The number of nitrogens with zero attached hydrogens (tertiary/aromatic N) is 2. The van der Waals surface area contributed by atoms with Gasteiger partial charge < -0.3 is 9.64 Å². The van der Waals surface area contributed by atoms with Crippen molar-refractivity contribution in [2.75, 3.05) is 20.6 Å². The van der Waals surface area contributed by atoms with E-state index in [1.165, 1.54) is 17.9 Å². The number of rotatable bonds is 5. The lowest BCUT2D eigenvalue weighted by atomic mass is 10.2. The molecule has 24 heavy (non-hydrogen) atoms. The van der Waals surface area contributed by atoms with Crippen molar-refractivity contribution in [3.63, 3.8) is 0 Å². The monoisotopic (exact) mass is 353 g/mol. The van der Waals surface area contributed by atoms with E-state index >= 15 is 0 Å². The van der Waals surface area contributed by atoms with Crippen molar-refractivity contribution in [1.29, 1.82) is 0 Å². The summed E-state index contributed by atoms with van der Waals surface area (Å²) in [6.07, 6.45) is -0.927. The van der Waals surface area contributed by atoms with E-state index in [0.29, 0.717) is 5.56 Å². The SMILES string of the molecule is CC(OC(=O)CCN=C1NS(=O)(=O)c2ccccc21)C(=O)N(C)C. The van der Waals surface area contributed by atoms with E-state index in [0.717, 1.165) is 0 Å². The smallest absolute Gasteiger partial charge is 0.308 e. The van der Waals surface area contributed by atoms with Crippen LogP contribution in [0.3, 0.4) is 0 Å². The number of amidine groups is 1. The van der Waals surface area contributed by atoms with E-state index in [2.05, 4.69) is 9.71 Å². The molecule has 0 saturated heterocycles. The Morgan fingerprint density at radius 2 is 1.96 bits per heavy atom. The van der Waals surface area contributed by atoms with E-state index in [-0.39, 0.29) is 29.6 Å². The van der Waals surface area contributed by atoms with Gasteiger partial charge in [0.2, 0.25) is 0 Å². The normalized spacial score (nSPS) is 17.7. The van der Waals surface area contributed by atoms with Gasteiger partial charge in [0, 0.05) is 19.7 Å². The van der Waals surface area contributed by atoms with Crippen LogP contribution in [0.1, 0.15) is 18.9 Å². The summed E-state index contributed by atoms with van der Waals surface area (Å²) < 4.78 is 31.2. The molecule has 0 spiro atoms. The maximum atomic E-state index is 11.9. The Bertz CT molecular complexity index is 786. The van der Waals surface area contributed by atoms with Gasteiger partial charge in [-0.1, -0.05) is 12.1 Å². The average molecular weight is 353 g/mol. The van der Waals surface area contributed by atoms with Crippen LogP contribution in [0.2, 0.25) is 0 Å². The van der Waals surface area contributed by atoms with E-state index < -0.39 is 22.1 Å². The third kappa shape index (κ3) is 3.91. The summed E-state index contributed by atoms with van der Waals surface area (Å²) in [6.45, 7) is 1.54. The molecule has 9 heteroatoms. The second kappa shape index (κ2) is 7.00. The number of hydrogen-bond donors (Lipinski definition) is 1. The number of nitrogens with one attached hydrogen (secondary N) is 1. The second-order valence-electron chi connectivity index (χ2n) is 5.45. The molecule has 1 atom stereocenters. The maximum Gasteiger partial charge on any atom is 0.308 e. The average Bonchev–Trinajstić information content (AvgIpc) is 2.78. The molecule has 0 fully saturated rings. The maximum absolute atomic E-state index is 11.9. The molecule has 1 N–H and O–H groups in total. The molecule has 8 nitrogen and oxygen atoms in total. The number of fused-ring (bicyclic) bond motifs is 1. The first kappa shape index (κ1) is 17.9. The molecule has 1 aliphatic heterocycles. The number of hydrogen-bond acceptors (Lipinski definition) is 6. The van der Waals surface area contributed by atoms with Crippen molar-refractivity contribution in [3.8, 4) is 0 Å². The van der Waals surface area contributed by atoms with Crippen LogP contribution < -0.4 is 4.72 Å². The highest BCUT2D eigenvalue weighted by Crippen LogP contribution is 2.22. The Labute approximate surface area is 140 Å². The summed E-state index contributed by atoms with van der Waals surface area (Å²) in [5.41, 5.74) is 0.474. The minimum atomic E-state index is -3.59. The van der Waals surface area contributed by atoms with Crippen LogP contribution in [-0.4, -0.2) is 57.8 Å². The Hall–Kier alpha value is -2.42. The van der Waals surface area contributed by atoms with Crippen LogP contribution in [0, 0.1) is 0 Å². The molecule has 0 bridgehead atoms. The molecule has 1 unspecified atom stereocenters. The van der Waals surface area contributed by atoms with Gasteiger partial charge in [-0.25, -0.2) is 8.42 Å². The highest BCUT2D eigenvalue weighted by atomic mass is 32.2. The van der Waals surface area contributed by atoms with Gasteiger partial charge in [-0.3, -0.25) is 19.3 Å². The van der Waals surface area contributed by atoms with Gasteiger partial charge in [0.25, 0.3) is 15.9 Å². The number of carbonyl (C=O) groups is 2. The summed E-state index contributed by atoms with van der Waals surface area (Å²) in [6, 6.07) is 6.46. The molecule has 1 heterocycles. The van der Waals surface area contributed by atoms with Crippen LogP contribution >= 0.6 is 0 Å². The molecule has 0 aliphatic carbocycles. The van der Waals surface area contributed by atoms with Gasteiger partial charge in [-0.05, 0) is 19.1 Å². The number of benzene rings is 1. The summed E-state index contributed by atoms with van der Waals surface area (Å²) in [5.74, 6) is -0.681. The van der Waals surface area contributed by atoms with Crippen LogP contribution in [0.5, 0.6) is 0 Å². The van der Waals surface area contributed by atoms with Crippen LogP contribution in [-0.2, 0) is 24.3 Å². The molecular formula is C15H19N3O5S. The summed E-state index contributed by atoms with van der Waals surface area (Å²) >= 11 is 0. The second-order valence-corrected chi connectivity index (χ2v) is 7.10. The molecule has 1 aromatic rings. The number of amides is 1. The van der Waals surface area contributed by atoms with Gasteiger partial charge in [0.15, 0.2) is 6.10 Å². The number of ether oxygens (including phenoxy) is 1. The van der Waals surface area contributed by atoms with Crippen LogP contribution in [0.15, 0.2) is 34.2 Å². The molecule has 2 rings (SSSR count). The van der Waals surface area contributed by atoms with Gasteiger partial charge in [0.1, 0.15) is 5.84 Å². The summed E-state index contributed by atoms with van der Waals surface area (Å²) in [7, 11) is -0.449. The minimum Gasteiger partial charge on any atom is -0.452 e. The van der Waals surface area contributed by atoms with Gasteiger partial charge >= 0.3 is 5.97 Å². The molecule has 1 aliphatic rings. The van der Waals surface area contributed by atoms with E-state index in [9.17, 15) is 18.0 Å². The highest BCUT2D eigenvalue weighted by Gasteiger charge is 2.30. The standard InChI is InChI=1S/C15H19N3O5S/c1-10(15(20)18(2)3)23-13(19)8-9-16-14-11-6-4-5-7-12(11)24(21,22)17-14/h4-7,10H,8-9H2,1-3H3,(H,16,17). The molecule has 0 radical (unpaired) electrons. The van der Waals surface area contributed by atoms with Crippen molar-refractivity contribution < 1.29 is 22.7 Å². The van der Waals surface area contributed by atoms with Crippen molar-refractivity contribution >= 4 is 27.7 Å². The number of sulfonamides is 1. The lowest BCUT2D eigenvalue weighted by Gasteiger charge is -2.16. The quantitative estimate of drug-likeness (QED) is 0.758. The Morgan fingerprint density at radius 1 is 1.29 bits per heavy atom. The van der Waals surface area contributed by atoms with Gasteiger partial charge in [-0.15, -0.1) is 0 Å². The van der Waals surface area contributed by atoms with Crippen molar-refractivity contribution in [1.82, 2.24) is 9.62 Å². The fourth-order valence-corrected chi connectivity index (χ4v) is 3.43. The van der Waals surface area contributed by atoms with Crippen molar-refractivity contribution in [2.24, 2.45) is 4.99 Å². The number of aliphatic imine (C=N–C) groups is 1. The first-order chi connectivity index (χ1) is 11.2. The number of likely N-dealkylation sites (N-methyl/N-ethyl adjacent to an activating group) is 1. The highest BCUT2D eigenvalue weighted by molar-refractivity contribution is 7.90. The Kier molecular flexibility index (Phi) is 5.23. The molecular weight excluding hydrogens is 334 g/mol. The van der Waals surface area contributed by atoms with E-state index in [4.69, 9.17) is 4.74 Å². The summed E-state index contributed by atoms with van der Waals surface area (Å²) in [5, 5.41) is 0. The zero-order valence-electron chi connectivity index (χ0n) is 13.6. The largest absolute Gasteiger partial charge is 0.452 e. The lowest BCUT2D eigenvalue weighted by Crippen LogP contribution is -2.35.